The molecule has 0 saturated heterocycles. The van der Waals surface area contributed by atoms with E-state index in [0.29, 0.717) is 0 Å². The van der Waals surface area contributed by atoms with Crippen LogP contribution in [-0.4, -0.2) is 0 Å². The van der Waals surface area contributed by atoms with Crippen LogP contribution in [-0.2, 0) is 0 Å². The normalized spacial score (nSPS) is 10.1. The quantitative estimate of drug-likeness (QED) is 0.429. The Morgan fingerprint density at radius 1 is 1.33 bits per heavy atom. The standard InChI is InChI=1S/C9H12/c1-4-6-8-9(3)7-5-2/h9H,4H2,1-3H3. The molecule has 0 aromatic carbocycles. The molecule has 0 nitrogen and oxygen atoms in total. The minimum atomic E-state index is 0.245. The summed E-state index contributed by atoms with van der Waals surface area (Å²) in [6.45, 7) is 5.89. The van der Waals surface area contributed by atoms with E-state index < -0.39 is 0 Å². The summed E-state index contributed by atoms with van der Waals surface area (Å²) in [6, 6.07) is 0. The molecule has 0 heterocycles. The summed E-state index contributed by atoms with van der Waals surface area (Å²) < 4.78 is 0. The van der Waals surface area contributed by atoms with Crippen molar-refractivity contribution in [1.29, 1.82) is 0 Å². The maximum Gasteiger partial charge on any atom is 0.0783 e. The predicted octanol–water partition coefficient (Wildman–Crippen LogP) is 2.06. The third kappa shape index (κ3) is 4.98. The van der Waals surface area contributed by atoms with Gasteiger partial charge in [0, 0.05) is 6.42 Å². The van der Waals surface area contributed by atoms with Crippen molar-refractivity contribution in [3.05, 3.63) is 0 Å². The Hall–Kier alpha value is -0.880. The van der Waals surface area contributed by atoms with E-state index in [-0.39, 0.29) is 5.92 Å². The predicted molar refractivity (Wildman–Crippen MR) is 40.7 cm³/mol. The minimum absolute atomic E-state index is 0.245. The van der Waals surface area contributed by atoms with Gasteiger partial charge in [0.2, 0.25) is 0 Å². The minimum Gasteiger partial charge on any atom is -0.105 e. The summed E-state index contributed by atoms with van der Waals surface area (Å²) in [5, 5.41) is 0. The van der Waals surface area contributed by atoms with E-state index >= 15 is 0 Å². The summed E-state index contributed by atoms with van der Waals surface area (Å²) in [5.74, 6) is 12.0. The van der Waals surface area contributed by atoms with Gasteiger partial charge in [-0.15, -0.1) is 11.8 Å². The van der Waals surface area contributed by atoms with E-state index in [0.717, 1.165) is 6.42 Å². The molecule has 0 rings (SSSR count). The highest BCUT2D eigenvalue weighted by molar-refractivity contribution is 5.15. The molecule has 0 bridgehead atoms. The number of hydrogen-bond acceptors (Lipinski definition) is 0. The van der Waals surface area contributed by atoms with Crippen molar-refractivity contribution in [2.45, 2.75) is 27.2 Å². The molecule has 1 atom stereocenters. The van der Waals surface area contributed by atoms with Gasteiger partial charge in [0.15, 0.2) is 0 Å². The average molecular weight is 120 g/mol. The van der Waals surface area contributed by atoms with E-state index in [1.807, 2.05) is 20.8 Å². The molecule has 0 aromatic heterocycles. The molecule has 9 heavy (non-hydrogen) atoms. The number of rotatable bonds is 0. The Labute approximate surface area is 57.7 Å². The Morgan fingerprint density at radius 2 is 2.00 bits per heavy atom. The van der Waals surface area contributed by atoms with Crippen molar-refractivity contribution in [3.8, 4) is 23.7 Å². The van der Waals surface area contributed by atoms with Crippen LogP contribution in [0.2, 0.25) is 0 Å². The summed E-state index contributed by atoms with van der Waals surface area (Å²) in [6.07, 6.45) is 0.926. The SMILES string of the molecule is CC#CC(C)C#CCC. The lowest BCUT2D eigenvalue weighted by Crippen LogP contribution is -1.81. The van der Waals surface area contributed by atoms with Crippen molar-refractivity contribution in [1.82, 2.24) is 0 Å². The molecule has 0 aliphatic carbocycles. The molecular formula is C9H12. The molecule has 0 aliphatic rings. The van der Waals surface area contributed by atoms with Crippen LogP contribution >= 0.6 is 0 Å². The van der Waals surface area contributed by atoms with E-state index in [2.05, 4.69) is 23.7 Å². The van der Waals surface area contributed by atoms with Gasteiger partial charge in [0.05, 0.1) is 5.92 Å². The van der Waals surface area contributed by atoms with E-state index in [9.17, 15) is 0 Å². The zero-order valence-corrected chi connectivity index (χ0v) is 6.28. The van der Waals surface area contributed by atoms with Crippen LogP contribution in [0.15, 0.2) is 0 Å². The number of hydrogen-bond donors (Lipinski definition) is 0. The van der Waals surface area contributed by atoms with Gasteiger partial charge in [0.1, 0.15) is 0 Å². The zero-order chi connectivity index (χ0) is 7.11. The first-order valence-electron chi connectivity index (χ1n) is 3.22. The summed E-state index contributed by atoms with van der Waals surface area (Å²) >= 11 is 0. The Balaban J connectivity index is 3.71. The molecule has 0 N–H and O–H groups in total. The molecule has 0 spiro atoms. The lowest BCUT2D eigenvalue weighted by Gasteiger charge is -1.85. The molecule has 48 valence electrons. The molecule has 1 unspecified atom stereocenters. The van der Waals surface area contributed by atoms with Gasteiger partial charge in [-0.1, -0.05) is 18.8 Å². The van der Waals surface area contributed by atoms with Gasteiger partial charge >= 0.3 is 0 Å². The van der Waals surface area contributed by atoms with E-state index in [1.165, 1.54) is 0 Å². The van der Waals surface area contributed by atoms with Crippen LogP contribution in [0.5, 0.6) is 0 Å². The van der Waals surface area contributed by atoms with Crippen molar-refractivity contribution < 1.29 is 0 Å². The maximum absolute atomic E-state index is 3.01. The summed E-state index contributed by atoms with van der Waals surface area (Å²) in [5.41, 5.74) is 0. The second-order valence-corrected chi connectivity index (χ2v) is 1.79. The molecular weight excluding hydrogens is 108 g/mol. The first-order chi connectivity index (χ1) is 4.31. The molecule has 0 aromatic rings. The molecule has 0 amide bonds. The van der Waals surface area contributed by atoms with Gasteiger partial charge < -0.3 is 0 Å². The Morgan fingerprint density at radius 3 is 2.44 bits per heavy atom. The van der Waals surface area contributed by atoms with Crippen LogP contribution < -0.4 is 0 Å². The maximum atomic E-state index is 3.01. The molecule has 0 heteroatoms. The fourth-order valence-corrected chi connectivity index (χ4v) is 0.508. The van der Waals surface area contributed by atoms with Crippen LogP contribution in [0.25, 0.3) is 0 Å². The molecule has 0 radical (unpaired) electrons. The lowest BCUT2D eigenvalue weighted by atomic mass is 10.2. The fourth-order valence-electron chi connectivity index (χ4n) is 0.508. The van der Waals surface area contributed by atoms with Crippen LogP contribution in [0, 0.1) is 29.6 Å². The van der Waals surface area contributed by atoms with Crippen LogP contribution in [0.3, 0.4) is 0 Å². The molecule has 0 saturated carbocycles. The smallest absolute Gasteiger partial charge is 0.0783 e. The van der Waals surface area contributed by atoms with Crippen molar-refractivity contribution in [3.63, 3.8) is 0 Å². The largest absolute Gasteiger partial charge is 0.105 e. The van der Waals surface area contributed by atoms with E-state index in [4.69, 9.17) is 0 Å². The second kappa shape index (κ2) is 5.26. The first-order valence-corrected chi connectivity index (χ1v) is 3.22. The monoisotopic (exact) mass is 120 g/mol. The second-order valence-electron chi connectivity index (χ2n) is 1.79. The Bertz CT molecular complexity index is 168. The highest BCUT2D eigenvalue weighted by atomic mass is 13.9. The van der Waals surface area contributed by atoms with Crippen molar-refractivity contribution in [2.24, 2.45) is 5.92 Å². The van der Waals surface area contributed by atoms with Crippen LogP contribution in [0.4, 0.5) is 0 Å². The zero-order valence-electron chi connectivity index (χ0n) is 6.28. The van der Waals surface area contributed by atoms with Gasteiger partial charge in [-0.2, -0.15) is 0 Å². The van der Waals surface area contributed by atoms with Gasteiger partial charge in [-0.25, -0.2) is 0 Å². The highest BCUT2D eigenvalue weighted by Crippen LogP contribution is 1.87. The van der Waals surface area contributed by atoms with Gasteiger partial charge in [0.25, 0.3) is 0 Å². The van der Waals surface area contributed by atoms with E-state index in [1.54, 1.807) is 0 Å². The lowest BCUT2D eigenvalue weighted by molar-refractivity contribution is 1.02. The average Bonchev–Trinajstić information content (AvgIpc) is 1.85. The third-order valence-electron chi connectivity index (χ3n) is 0.856. The van der Waals surface area contributed by atoms with Crippen molar-refractivity contribution >= 4 is 0 Å². The Kier molecular flexibility index (Phi) is 4.75. The highest BCUT2D eigenvalue weighted by Gasteiger charge is 1.83. The van der Waals surface area contributed by atoms with Crippen LogP contribution in [0.1, 0.15) is 27.2 Å². The molecule has 0 fully saturated rings. The first kappa shape index (κ1) is 8.12. The summed E-state index contributed by atoms with van der Waals surface area (Å²) in [7, 11) is 0. The van der Waals surface area contributed by atoms with Crippen molar-refractivity contribution in [2.75, 3.05) is 0 Å². The summed E-state index contributed by atoms with van der Waals surface area (Å²) in [4.78, 5) is 0. The van der Waals surface area contributed by atoms with Gasteiger partial charge in [-0.3, -0.25) is 0 Å². The third-order valence-corrected chi connectivity index (χ3v) is 0.856. The fraction of sp³-hybridized carbons (Fsp3) is 0.556. The van der Waals surface area contributed by atoms with Gasteiger partial charge in [-0.05, 0) is 13.8 Å². The molecule has 0 aliphatic heterocycles. The topological polar surface area (TPSA) is 0 Å².